The predicted octanol–water partition coefficient (Wildman–Crippen LogP) is 1.67. The van der Waals surface area contributed by atoms with Crippen LogP contribution in [0.25, 0.3) is 0 Å². The first-order valence-electron chi connectivity index (χ1n) is 8.85. The normalized spacial score (nSPS) is 14.5. The van der Waals surface area contributed by atoms with Gasteiger partial charge in [0.15, 0.2) is 0 Å². The van der Waals surface area contributed by atoms with Crippen LogP contribution in [0.2, 0.25) is 0 Å². The highest BCUT2D eigenvalue weighted by Gasteiger charge is 2.16. The molecule has 0 saturated carbocycles. The van der Waals surface area contributed by atoms with Gasteiger partial charge in [-0.25, -0.2) is 13.8 Å². The lowest BCUT2D eigenvalue weighted by Gasteiger charge is -2.26. The average Bonchev–Trinajstić information content (AvgIpc) is 2.71. The van der Waals surface area contributed by atoms with Gasteiger partial charge in [0.1, 0.15) is 28.7 Å². The second-order valence-corrected chi connectivity index (χ2v) is 6.17. The Kier molecular flexibility index (Phi) is 6.62. The van der Waals surface area contributed by atoms with E-state index in [0.717, 1.165) is 25.2 Å². The number of carbonyl (C=O) groups is 2. The maximum atomic E-state index is 13.7. The largest absolute Gasteiger partial charge is 0.379 e. The number of hydrogen-bond acceptors (Lipinski definition) is 5. The molecule has 1 fully saturated rings. The number of amides is 2. The Bertz CT molecular complexity index is 837. The third kappa shape index (κ3) is 5.08. The minimum Gasteiger partial charge on any atom is -0.379 e. The second-order valence-electron chi connectivity index (χ2n) is 6.17. The summed E-state index contributed by atoms with van der Waals surface area (Å²) in [5.74, 6) is -3.04. The molecule has 0 unspecified atom stereocenters. The molecule has 0 bridgehead atoms. The van der Waals surface area contributed by atoms with Crippen molar-refractivity contribution in [2.75, 3.05) is 44.7 Å². The minimum absolute atomic E-state index is 0.0450. The third-order valence-electron chi connectivity index (χ3n) is 4.23. The Balaban J connectivity index is 1.59. The number of halogens is 2. The number of morpholine rings is 1. The highest BCUT2D eigenvalue weighted by Crippen LogP contribution is 2.18. The van der Waals surface area contributed by atoms with Crippen molar-refractivity contribution in [3.8, 4) is 0 Å². The van der Waals surface area contributed by atoms with Crippen LogP contribution >= 0.6 is 0 Å². The van der Waals surface area contributed by atoms with Crippen LogP contribution in [-0.4, -0.2) is 61.1 Å². The number of nitrogens with zero attached hydrogens (tertiary/aromatic N) is 2. The molecule has 0 atom stereocenters. The number of nitrogens with one attached hydrogen (secondary N) is 2. The fraction of sp³-hybridized carbons (Fsp3) is 0.316. The summed E-state index contributed by atoms with van der Waals surface area (Å²) in [5.41, 5.74) is -0.637. The second kappa shape index (κ2) is 9.34. The lowest BCUT2D eigenvalue weighted by molar-refractivity contribution is 0.0383. The zero-order valence-electron chi connectivity index (χ0n) is 15.1. The molecule has 28 heavy (non-hydrogen) atoms. The summed E-state index contributed by atoms with van der Waals surface area (Å²) in [5, 5.41) is 4.89. The number of carbonyl (C=O) groups excluding carboxylic acids is 2. The van der Waals surface area contributed by atoms with E-state index < -0.39 is 29.1 Å². The topological polar surface area (TPSA) is 83.6 Å². The van der Waals surface area contributed by atoms with E-state index in [4.69, 9.17) is 4.74 Å². The van der Waals surface area contributed by atoms with E-state index >= 15 is 0 Å². The summed E-state index contributed by atoms with van der Waals surface area (Å²) in [6.07, 6.45) is 0. The number of anilines is 1. The van der Waals surface area contributed by atoms with Gasteiger partial charge < -0.3 is 15.4 Å². The minimum atomic E-state index is -0.898. The van der Waals surface area contributed by atoms with E-state index in [0.29, 0.717) is 26.3 Å². The quantitative estimate of drug-likeness (QED) is 0.784. The van der Waals surface area contributed by atoms with E-state index in [1.54, 1.807) is 0 Å². The molecule has 3 rings (SSSR count). The van der Waals surface area contributed by atoms with Crippen LogP contribution < -0.4 is 10.6 Å². The molecule has 1 aromatic heterocycles. The molecule has 7 nitrogen and oxygen atoms in total. The van der Waals surface area contributed by atoms with Gasteiger partial charge in [-0.3, -0.25) is 14.5 Å². The smallest absolute Gasteiger partial charge is 0.274 e. The fourth-order valence-electron chi connectivity index (χ4n) is 2.73. The molecule has 2 N–H and O–H groups in total. The number of ether oxygens (including phenoxy) is 1. The summed E-state index contributed by atoms with van der Waals surface area (Å²) in [6.45, 7) is 4.09. The molecule has 1 saturated heterocycles. The summed E-state index contributed by atoms with van der Waals surface area (Å²) in [7, 11) is 0. The number of rotatable bonds is 6. The van der Waals surface area contributed by atoms with E-state index in [1.165, 1.54) is 24.3 Å². The van der Waals surface area contributed by atoms with Crippen molar-refractivity contribution in [1.82, 2.24) is 15.2 Å². The van der Waals surface area contributed by atoms with E-state index in [1.807, 2.05) is 0 Å². The maximum Gasteiger partial charge on any atom is 0.274 e. The number of benzene rings is 1. The van der Waals surface area contributed by atoms with Gasteiger partial charge in [-0.15, -0.1) is 0 Å². The number of para-hydroxylation sites is 1. The lowest BCUT2D eigenvalue weighted by atomic mass is 10.2. The van der Waals surface area contributed by atoms with Crippen LogP contribution in [0.5, 0.6) is 0 Å². The van der Waals surface area contributed by atoms with Crippen molar-refractivity contribution >= 4 is 17.5 Å². The molecule has 0 aliphatic carbocycles. The number of aromatic nitrogens is 1. The molecule has 0 radical (unpaired) electrons. The van der Waals surface area contributed by atoms with Crippen LogP contribution in [0.4, 0.5) is 14.5 Å². The van der Waals surface area contributed by atoms with Crippen molar-refractivity contribution in [1.29, 1.82) is 0 Å². The predicted molar refractivity (Wildman–Crippen MR) is 98.1 cm³/mol. The molecule has 2 heterocycles. The van der Waals surface area contributed by atoms with Gasteiger partial charge in [-0.1, -0.05) is 12.1 Å². The van der Waals surface area contributed by atoms with E-state index in [9.17, 15) is 18.4 Å². The summed E-state index contributed by atoms with van der Waals surface area (Å²) in [6, 6.07) is 7.56. The molecule has 2 aromatic rings. The molecule has 148 valence electrons. The highest BCUT2D eigenvalue weighted by molar-refractivity contribution is 6.04. The first kappa shape index (κ1) is 19.8. The zero-order chi connectivity index (χ0) is 19.9. The zero-order valence-corrected chi connectivity index (χ0v) is 15.1. The molecular formula is C19H20F2N4O3. The highest BCUT2D eigenvalue weighted by atomic mass is 19.1. The van der Waals surface area contributed by atoms with Crippen LogP contribution in [0.1, 0.15) is 21.0 Å². The van der Waals surface area contributed by atoms with Crippen molar-refractivity contribution in [3.05, 3.63) is 59.4 Å². The summed E-state index contributed by atoms with van der Waals surface area (Å²) in [4.78, 5) is 30.7. The van der Waals surface area contributed by atoms with E-state index in [-0.39, 0.29) is 11.4 Å². The molecule has 1 aromatic carbocycles. The Morgan fingerprint density at radius 3 is 2.29 bits per heavy atom. The SMILES string of the molecule is O=C(NCCN1CCOCC1)c1cccc(C(=O)Nc2c(F)cccc2F)n1. The molecule has 0 spiro atoms. The van der Waals surface area contributed by atoms with Crippen LogP contribution in [-0.2, 0) is 4.74 Å². The van der Waals surface area contributed by atoms with Crippen LogP contribution in [0, 0.1) is 11.6 Å². The van der Waals surface area contributed by atoms with Gasteiger partial charge in [-0.05, 0) is 24.3 Å². The van der Waals surface area contributed by atoms with E-state index in [2.05, 4.69) is 20.5 Å². The molecule has 1 aliphatic rings. The van der Waals surface area contributed by atoms with Gasteiger partial charge in [0.2, 0.25) is 0 Å². The molecular weight excluding hydrogens is 370 g/mol. The number of hydrogen-bond donors (Lipinski definition) is 2. The number of pyridine rings is 1. The van der Waals surface area contributed by atoms with Crippen molar-refractivity contribution in [2.24, 2.45) is 0 Å². The Morgan fingerprint density at radius 1 is 1.00 bits per heavy atom. The summed E-state index contributed by atoms with van der Waals surface area (Å²) >= 11 is 0. The van der Waals surface area contributed by atoms with Gasteiger partial charge in [0, 0.05) is 26.2 Å². The first-order valence-corrected chi connectivity index (χ1v) is 8.85. The maximum absolute atomic E-state index is 13.7. The van der Waals surface area contributed by atoms with Crippen molar-refractivity contribution in [3.63, 3.8) is 0 Å². The standard InChI is InChI=1S/C19H20F2N4O3/c20-13-3-1-4-14(21)17(13)24-19(27)16-6-2-5-15(23-16)18(26)22-7-8-25-9-11-28-12-10-25/h1-6H,7-12H2,(H,22,26)(H,24,27). The van der Waals surface area contributed by atoms with Crippen LogP contribution in [0.3, 0.4) is 0 Å². The Hall–Kier alpha value is -2.91. The van der Waals surface area contributed by atoms with Gasteiger partial charge >= 0.3 is 0 Å². The van der Waals surface area contributed by atoms with Crippen molar-refractivity contribution in [2.45, 2.75) is 0 Å². The lowest BCUT2D eigenvalue weighted by Crippen LogP contribution is -2.41. The monoisotopic (exact) mass is 390 g/mol. The van der Waals surface area contributed by atoms with Gasteiger partial charge in [0.25, 0.3) is 11.8 Å². The fourth-order valence-corrected chi connectivity index (χ4v) is 2.73. The van der Waals surface area contributed by atoms with Crippen LogP contribution in [0.15, 0.2) is 36.4 Å². The van der Waals surface area contributed by atoms with Gasteiger partial charge in [-0.2, -0.15) is 0 Å². The molecule has 9 heteroatoms. The first-order chi connectivity index (χ1) is 13.5. The Morgan fingerprint density at radius 2 is 1.61 bits per heavy atom. The van der Waals surface area contributed by atoms with Gasteiger partial charge in [0.05, 0.1) is 13.2 Å². The summed E-state index contributed by atoms with van der Waals surface area (Å²) < 4.78 is 32.6. The molecule has 2 amide bonds. The third-order valence-corrected chi connectivity index (χ3v) is 4.23. The Labute approximate surface area is 160 Å². The molecule has 1 aliphatic heterocycles. The van der Waals surface area contributed by atoms with Crippen molar-refractivity contribution < 1.29 is 23.1 Å². The average molecular weight is 390 g/mol.